The first-order chi connectivity index (χ1) is 8.44. The number of hydrogen-bond acceptors (Lipinski definition) is 3. The Kier molecular flexibility index (Phi) is 3.48. The zero-order valence-electron chi connectivity index (χ0n) is 10.9. The number of carbonyl (C=O) groups excluding carboxylic acids is 1. The molecular weight excluding hydrogens is 250 g/mol. The average molecular weight is 268 g/mol. The summed E-state index contributed by atoms with van der Waals surface area (Å²) in [4.78, 5) is 16.2. The molecule has 4 nitrogen and oxygen atoms in total. The fraction of sp³-hybridized carbons (Fsp3) is 0.538. The maximum absolute atomic E-state index is 12.0. The molecule has 1 saturated carbocycles. The highest BCUT2D eigenvalue weighted by atomic mass is 35.5. The summed E-state index contributed by atoms with van der Waals surface area (Å²) in [6, 6.07) is 3.42. The van der Waals surface area contributed by atoms with Gasteiger partial charge in [0.1, 0.15) is 11.5 Å². The molecule has 1 aromatic heterocycles. The van der Waals surface area contributed by atoms with Crippen molar-refractivity contribution in [3.8, 4) is 0 Å². The highest BCUT2D eigenvalue weighted by Crippen LogP contribution is 2.50. The van der Waals surface area contributed by atoms with Gasteiger partial charge in [-0.1, -0.05) is 25.4 Å². The van der Waals surface area contributed by atoms with Crippen molar-refractivity contribution in [2.75, 3.05) is 18.9 Å². The largest absolute Gasteiger partial charge is 0.373 e. The molecule has 1 unspecified atom stereocenters. The third kappa shape index (κ3) is 2.75. The maximum atomic E-state index is 12.0. The lowest BCUT2D eigenvalue weighted by Crippen LogP contribution is -2.27. The number of carbonyl (C=O) groups is 1. The van der Waals surface area contributed by atoms with E-state index in [1.54, 1.807) is 19.2 Å². The van der Waals surface area contributed by atoms with E-state index in [4.69, 9.17) is 11.6 Å². The lowest BCUT2D eigenvalue weighted by molar-refractivity contribution is 0.0946. The zero-order valence-corrected chi connectivity index (χ0v) is 11.6. The summed E-state index contributed by atoms with van der Waals surface area (Å²) in [5.74, 6) is 0.990. The topological polar surface area (TPSA) is 54.0 Å². The lowest BCUT2D eigenvalue weighted by Gasteiger charge is -2.08. The fourth-order valence-corrected chi connectivity index (χ4v) is 2.16. The minimum absolute atomic E-state index is 0.209. The van der Waals surface area contributed by atoms with Crippen molar-refractivity contribution in [3.63, 3.8) is 0 Å². The van der Waals surface area contributed by atoms with Gasteiger partial charge in [0.15, 0.2) is 0 Å². The van der Waals surface area contributed by atoms with Crippen LogP contribution in [-0.2, 0) is 0 Å². The molecule has 1 amide bonds. The molecule has 98 valence electrons. The second kappa shape index (κ2) is 4.76. The standard InChI is InChI=1S/C13H18ClN3O/c1-13(2)6-8(13)7-16-12(18)11-9(14)4-5-10(15-3)17-11/h4-5,8H,6-7H2,1-3H3,(H,15,17)(H,16,18). The van der Waals surface area contributed by atoms with E-state index in [2.05, 4.69) is 29.5 Å². The summed E-state index contributed by atoms with van der Waals surface area (Å²) in [6.07, 6.45) is 1.16. The third-order valence-corrected chi connectivity index (χ3v) is 3.85. The van der Waals surface area contributed by atoms with Crippen molar-refractivity contribution >= 4 is 23.3 Å². The Bertz CT molecular complexity index is 473. The fourth-order valence-electron chi connectivity index (χ4n) is 1.96. The molecule has 0 radical (unpaired) electrons. The molecular formula is C13H18ClN3O. The number of pyridine rings is 1. The van der Waals surface area contributed by atoms with Crippen molar-refractivity contribution in [2.24, 2.45) is 11.3 Å². The van der Waals surface area contributed by atoms with Crippen LogP contribution in [0.5, 0.6) is 0 Å². The number of aromatic nitrogens is 1. The van der Waals surface area contributed by atoms with Crippen molar-refractivity contribution < 1.29 is 4.79 Å². The molecule has 5 heteroatoms. The van der Waals surface area contributed by atoms with E-state index >= 15 is 0 Å². The molecule has 0 spiro atoms. The molecule has 1 aliphatic carbocycles. The molecule has 1 atom stereocenters. The van der Waals surface area contributed by atoms with Crippen LogP contribution in [0.15, 0.2) is 12.1 Å². The van der Waals surface area contributed by atoms with E-state index in [0.717, 1.165) is 6.42 Å². The quantitative estimate of drug-likeness (QED) is 0.882. The SMILES string of the molecule is CNc1ccc(Cl)c(C(=O)NCC2CC2(C)C)n1. The first-order valence-electron chi connectivity index (χ1n) is 6.06. The van der Waals surface area contributed by atoms with Crippen LogP contribution in [-0.4, -0.2) is 24.5 Å². The summed E-state index contributed by atoms with van der Waals surface area (Å²) < 4.78 is 0. The number of rotatable bonds is 4. The van der Waals surface area contributed by atoms with Gasteiger partial charge in [-0.3, -0.25) is 4.79 Å². The Labute approximate surface area is 112 Å². The molecule has 18 heavy (non-hydrogen) atoms. The van der Waals surface area contributed by atoms with Gasteiger partial charge in [0.05, 0.1) is 5.02 Å². The summed E-state index contributed by atoms with van der Waals surface area (Å²) in [7, 11) is 1.75. The van der Waals surface area contributed by atoms with Gasteiger partial charge in [0.2, 0.25) is 0 Å². The van der Waals surface area contributed by atoms with Crippen LogP contribution in [0.1, 0.15) is 30.8 Å². The van der Waals surface area contributed by atoms with Gasteiger partial charge in [0.25, 0.3) is 5.91 Å². The van der Waals surface area contributed by atoms with Crippen molar-refractivity contribution in [1.29, 1.82) is 0 Å². The molecule has 0 saturated heterocycles. The average Bonchev–Trinajstić information content (AvgIpc) is 2.95. The number of hydrogen-bond donors (Lipinski definition) is 2. The van der Waals surface area contributed by atoms with Crippen LogP contribution >= 0.6 is 11.6 Å². The Morgan fingerprint density at radius 3 is 2.78 bits per heavy atom. The Morgan fingerprint density at radius 2 is 2.22 bits per heavy atom. The van der Waals surface area contributed by atoms with Gasteiger partial charge in [0, 0.05) is 13.6 Å². The van der Waals surface area contributed by atoms with Gasteiger partial charge in [-0.25, -0.2) is 4.98 Å². The van der Waals surface area contributed by atoms with E-state index in [0.29, 0.717) is 28.7 Å². The molecule has 1 fully saturated rings. The summed E-state index contributed by atoms with van der Waals surface area (Å²) >= 11 is 5.98. The van der Waals surface area contributed by atoms with E-state index in [-0.39, 0.29) is 11.6 Å². The number of anilines is 1. The summed E-state index contributed by atoms with van der Waals surface area (Å²) in [5.41, 5.74) is 0.638. The normalized spacial score (nSPS) is 20.3. The molecule has 1 aromatic rings. The first-order valence-corrected chi connectivity index (χ1v) is 6.44. The van der Waals surface area contributed by atoms with E-state index in [9.17, 15) is 4.79 Å². The highest BCUT2D eigenvalue weighted by molar-refractivity contribution is 6.33. The van der Waals surface area contributed by atoms with Gasteiger partial charge < -0.3 is 10.6 Å². The summed E-state index contributed by atoms with van der Waals surface area (Å²) in [5, 5.41) is 6.16. The van der Waals surface area contributed by atoms with Crippen LogP contribution in [0, 0.1) is 11.3 Å². The van der Waals surface area contributed by atoms with E-state index in [1.165, 1.54) is 0 Å². The minimum Gasteiger partial charge on any atom is -0.373 e. The predicted molar refractivity (Wildman–Crippen MR) is 73.0 cm³/mol. The van der Waals surface area contributed by atoms with Crippen LogP contribution in [0.3, 0.4) is 0 Å². The van der Waals surface area contributed by atoms with E-state index in [1.807, 2.05) is 0 Å². The molecule has 2 rings (SSSR count). The van der Waals surface area contributed by atoms with Gasteiger partial charge >= 0.3 is 0 Å². The second-order valence-corrected chi connectivity index (χ2v) is 5.78. The highest BCUT2D eigenvalue weighted by Gasteiger charge is 2.45. The second-order valence-electron chi connectivity index (χ2n) is 5.38. The maximum Gasteiger partial charge on any atom is 0.271 e. The third-order valence-electron chi connectivity index (χ3n) is 3.54. The van der Waals surface area contributed by atoms with Gasteiger partial charge in [-0.05, 0) is 29.9 Å². The van der Waals surface area contributed by atoms with Crippen LogP contribution in [0.25, 0.3) is 0 Å². The summed E-state index contributed by atoms with van der Waals surface area (Å²) in [6.45, 7) is 5.10. The molecule has 1 aliphatic rings. The minimum atomic E-state index is -0.209. The van der Waals surface area contributed by atoms with Gasteiger partial charge in [-0.15, -0.1) is 0 Å². The molecule has 0 aromatic carbocycles. The number of amides is 1. The molecule has 1 heterocycles. The smallest absolute Gasteiger partial charge is 0.271 e. The number of halogens is 1. The van der Waals surface area contributed by atoms with Crippen LogP contribution < -0.4 is 10.6 Å². The van der Waals surface area contributed by atoms with E-state index < -0.39 is 0 Å². The molecule has 0 aliphatic heterocycles. The van der Waals surface area contributed by atoms with Crippen molar-refractivity contribution in [1.82, 2.24) is 10.3 Å². The van der Waals surface area contributed by atoms with Crippen molar-refractivity contribution in [2.45, 2.75) is 20.3 Å². The Balaban J connectivity index is 2.00. The Morgan fingerprint density at radius 1 is 1.56 bits per heavy atom. The molecule has 0 bridgehead atoms. The monoisotopic (exact) mass is 267 g/mol. The lowest BCUT2D eigenvalue weighted by atomic mass is 10.1. The molecule has 2 N–H and O–H groups in total. The number of nitrogens with one attached hydrogen (secondary N) is 2. The van der Waals surface area contributed by atoms with Gasteiger partial charge in [-0.2, -0.15) is 0 Å². The Hall–Kier alpha value is -1.29. The first kappa shape index (κ1) is 13.1. The number of nitrogens with zero attached hydrogens (tertiary/aromatic N) is 1. The van der Waals surface area contributed by atoms with Crippen LogP contribution in [0.4, 0.5) is 5.82 Å². The zero-order chi connectivity index (χ0) is 13.3. The van der Waals surface area contributed by atoms with Crippen LogP contribution in [0.2, 0.25) is 5.02 Å². The van der Waals surface area contributed by atoms with Crippen molar-refractivity contribution in [3.05, 3.63) is 22.8 Å². The predicted octanol–water partition coefficient (Wildman–Crippen LogP) is 2.55.